The van der Waals surface area contributed by atoms with E-state index in [4.69, 9.17) is 4.74 Å². The van der Waals surface area contributed by atoms with Gasteiger partial charge in [0, 0.05) is 24.7 Å². The molecule has 118 valence electrons. The first-order valence-corrected chi connectivity index (χ1v) is 7.88. The van der Waals surface area contributed by atoms with Crippen molar-refractivity contribution < 1.29 is 14.9 Å². The third-order valence-corrected chi connectivity index (χ3v) is 4.27. The number of nitrogens with zero attached hydrogens (tertiary/aromatic N) is 1. The lowest BCUT2D eigenvalue weighted by molar-refractivity contribution is 0.0762. The van der Waals surface area contributed by atoms with Crippen LogP contribution in [-0.2, 0) is 6.54 Å². The van der Waals surface area contributed by atoms with Crippen LogP contribution in [0.5, 0.6) is 11.5 Å². The Morgan fingerprint density at radius 2 is 2.00 bits per heavy atom. The summed E-state index contributed by atoms with van der Waals surface area (Å²) < 4.78 is 5.18. The van der Waals surface area contributed by atoms with Crippen molar-refractivity contribution in [1.29, 1.82) is 0 Å². The predicted octanol–water partition coefficient (Wildman–Crippen LogP) is 2.92. The number of phenolic OH excluding ortho intramolecular Hbond substituents is 1. The summed E-state index contributed by atoms with van der Waals surface area (Å²) in [5.74, 6) is 0.722. The van der Waals surface area contributed by atoms with Crippen LogP contribution in [0.25, 0.3) is 0 Å². The summed E-state index contributed by atoms with van der Waals surface area (Å²) in [4.78, 5) is 2.30. The molecule has 0 radical (unpaired) electrons. The zero-order valence-corrected chi connectivity index (χ0v) is 13.1. The molecule has 4 nitrogen and oxygen atoms in total. The molecule has 1 aliphatic carbocycles. The number of aliphatic hydroxyl groups is 1. The monoisotopic (exact) mass is 293 g/mol. The van der Waals surface area contributed by atoms with Crippen LogP contribution in [0.2, 0.25) is 0 Å². The van der Waals surface area contributed by atoms with Gasteiger partial charge in [-0.1, -0.05) is 31.4 Å². The Bertz CT molecular complexity index is 442. The highest BCUT2D eigenvalue weighted by Gasteiger charge is 2.23. The number of phenols is 1. The Labute approximate surface area is 127 Å². The van der Waals surface area contributed by atoms with E-state index in [2.05, 4.69) is 4.90 Å². The average molecular weight is 293 g/mol. The maximum absolute atomic E-state index is 10.3. The summed E-state index contributed by atoms with van der Waals surface area (Å²) in [5.41, 5.74) is 0.862. The van der Waals surface area contributed by atoms with E-state index in [1.165, 1.54) is 32.1 Å². The Kier molecular flexibility index (Phi) is 5.88. The number of aliphatic hydroxyl groups excluding tert-OH is 1. The van der Waals surface area contributed by atoms with E-state index in [0.29, 0.717) is 24.9 Å². The summed E-state index contributed by atoms with van der Waals surface area (Å²) in [6.45, 7) is 3.11. The summed E-state index contributed by atoms with van der Waals surface area (Å²) in [5, 5.41) is 20.0. The number of rotatable bonds is 6. The van der Waals surface area contributed by atoms with Gasteiger partial charge in [0.05, 0.1) is 13.2 Å². The fraction of sp³-hybridized carbons (Fsp3) is 0.647. The van der Waals surface area contributed by atoms with Crippen molar-refractivity contribution in [2.45, 2.75) is 57.7 Å². The Hall–Kier alpha value is -1.26. The minimum absolute atomic E-state index is 0.214. The molecule has 1 saturated carbocycles. The third kappa shape index (κ3) is 4.35. The van der Waals surface area contributed by atoms with Crippen LogP contribution in [0.1, 0.15) is 44.6 Å². The highest BCUT2D eigenvalue weighted by molar-refractivity contribution is 5.45. The zero-order chi connectivity index (χ0) is 15.2. The van der Waals surface area contributed by atoms with Gasteiger partial charge < -0.3 is 14.9 Å². The van der Waals surface area contributed by atoms with Gasteiger partial charge >= 0.3 is 0 Å². The standard InChI is InChI=1S/C17H27NO3/c1-13(19)11-18(15-8-4-3-5-9-15)12-14-7-6-10-16(21-2)17(14)20/h6-7,10,13,15,19-20H,3-5,8-9,11-12H2,1-2H3. The van der Waals surface area contributed by atoms with Crippen molar-refractivity contribution in [3.63, 3.8) is 0 Å². The third-order valence-electron chi connectivity index (χ3n) is 4.27. The number of benzene rings is 1. The summed E-state index contributed by atoms with van der Waals surface area (Å²) in [6, 6.07) is 6.09. The molecule has 0 heterocycles. The molecule has 1 unspecified atom stereocenters. The van der Waals surface area contributed by atoms with Crippen LogP contribution in [0.4, 0.5) is 0 Å². The second kappa shape index (κ2) is 7.66. The molecule has 0 amide bonds. The van der Waals surface area contributed by atoms with E-state index in [1.807, 2.05) is 19.1 Å². The van der Waals surface area contributed by atoms with Crippen LogP contribution in [0.3, 0.4) is 0 Å². The topological polar surface area (TPSA) is 52.9 Å². The molecule has 1 atom stereocenters. The lowest BCUT2D eigenvalue weighted by Crippen LogP contribution is -2.40. The van der Waals surface area contributed by atoms with Gasteiger partial charge in [0.1, 0.15) is 0 Å². The summed E-state index contributed by atoms with van der Waals surface area (Å²) in [6.07, 6.45) is 5.81. The maximum Gasteiger partial charge on any atom is 0.162 e. The molecule has 21 heavy (non-hydrogen) atoms. The molecule has 0 saturated heterocycles. The lowest BCUT2D eigenvalue weighted by atomic mass is 9.93. The van der Waals surface area contributed by atoms with Crippen LogP contribution >= 0.6 is 0 Å². The number of methoxy groups -OCH3 is 1. The number of para-hydroxylation sites is 1. The second-order valence-corrected chi connectivity index (χ2v) is 6.04. The van der Waals surface area contributed by atoms with Gasteiger partial charge in [-0.2, -0.15) is 0 Å². The Morgan fingerprint density at radius 3 is 2.62 bits per heavy atom. The first-order valence-electron chi connectivity index (χ1n) is 7.88. The second-order valence-electron chi connectivity index (χ2n) is 6.04. The first-order chi connectivity index (χ1) is 10.1. The first kappa shape index (κ1) is 16.1. The van der Waals surface area contributed by atoms with E-state index in [-0.39, 0.29) is 11.9 Å². The van der Waals surface area contributed by atoms with Crippen LogP contribution in [0.15, 0.2) is 18.2 Å². The van der Waals surface area contributed by atoms with Crippen molar-refractivity contribution in [1.82, 2.24) is 4.90 Å². The molecule has 1 aromatic carbocycles. The summed E-state index contributed by atoms with van der Waals surface area (Å²) in [7, 11) is 1.56. The summed E-state index contributed by atoms with van der Waals surface area (Å²) >= 11 is 0. The minimum Gasteiger partial charge on any atom is -0.504 e. The number of aromatic hydroxyl groups is 1. The minimum atomic E-state index is -0.361. The molecule has 0 aromatic heterocycles. The van der Waals surface area contributed by atoms with E-state index in [9.17, 15) is 10.2 Å². The normalized spacial score (nSPS) is 17.9. The molecule has 2 rings (SSSR count). The van der Waals surface area contributed by atoms with E-state index in [0.717, 1.165) is 5.56 Å². The van der Waals surface area contributed by atoms with Gasteiger partial charge in [-0.3, -0.25) is 4.90 Å². The van der Waals surface area contributed by atoms with Crippen molar-refractivity contribution in [2.24, 2.45) is 0 Å². The highest BCUT2D eigenvalue weighted by Crippen LogP contribution is 2.32. The molecule has 1 aliphatic rings. The van der Waals surface area contributed by atoms with E-state index >= 15 is 0 Å². The highest BCUT2D eigenvalue weighted by atomic mass is 16.5. The molecular weight excluding hydrogens is 266 g/mol. The van der Waals surface area contributed by atoms with Gasteiger partial charge in [0.15, 0.2) is 11.5 Å². The Balaban J connectivity index is 2.14. The van der Waals surface area contributed by atoms with Crippen molar-refractivity contribution in [3.05, 3.63) is 23.8 Å². The van der Waals surface area contributed by atoms with Gasteiger partial charge in [0.25, 0.3) is 0 Å². The fourth-order valence-electron chi connectivity index (χ4n) is 3.21. The van der Waals surface area contributed by atoms with Gasteiger partial charge in [-0.15, -0.1) is 0 Å². The van der Waals surface area contributed by atoms with Crippen LogP contribution in [0, 0.1) is 0 Å². The molecule has 0 aliphatic heterocycles. The van der Waals surface area contributed by atoms with Crippen molar-refractivity contribution >= 4 is 0 Å². The molecule has 1 fully saturated rings. The van der Waals surface area contributed by atoms with Crippen LogP contribution in [-0.4, -0.2) is 40.9 Å². The predicted molar refractivity (Wildman–Crippen MR) is 83.6 cm³/mol. The number of ether oxygens (including phenoxy) is 1. The van der Waals surface area contributed by atoms with E-state index in [1.54, 1.807) is 13.2 Å². The quantitative estimate of drug-likeness (QED) is 0.847. The molecule has 0 spiro atoms. The SMILES string of the molecule is COc1cccc(CN(CC(C)O)C2CCCCC2)c1O. The zero-order valence-electron chi connectivity index (χ0n) is 13.1. The number of hydrogen-bond donors (Lipinski definition) is 2. The molecule has 0 bridgehead atoms. The van der Waals surface area contributed by atoms with Gasteiger partial charge in [-0.25, -0.2) is 0 Å². The lowest BCUT2D eigenvalue weighted by Gasteiger charge is -2.35. The largest absolute Gasteiger partial charge is 0.504 e. The number of hydrogen-bond acceptors (Lipinski definition) is 4. The molecule has 2 N–H and O–H groups in total. The molecule has 4 heteroatoms. The van der Waals surface area contributed by atoms with E-state index < -0.39 is 0 Å². The van der Waals surface area contributed by atoms with Crippen molar-refractivity contribution in [2.75, 3.05) is 13.7 Å². The molecular formula is C17H27NO3. The van der Waals surface area contributed by atoms with Gasteiger partial charge in [0.2, 0.25) is 0 Å². The Morgan fingerprint density at radius 1 is 1.29 bits per heavy atom. The van der Waals surface area contributed by atoms with Gasteiger partial charge in [-0.05, 0) is 25.8 Å². The maximum atomic E-state index is 10.3. The van der Waals surface area contributed by atoms with Crippen molar-refractivity contribution in [3.8, 4) is 11.5 Å². The average Bonchev–Trinajstić information content (AvgIpc) is 2.49. The smallest absolute Gasteiger partial charge is 0.162 e. The van der Waals surface area contributed by atoms with Crippen LogP contribution < -0.4 is 4.74 Å². The fourth-order valence-corrected chi connectivity index (χ4v) is 3.21. The molecule has 1 aromatic rings.